The third-order valence-electron chi connectivity index (χ3n) is 7.69. The number of sulfone groups is 1. The SMILES string of the molecule is COc1ccc(-c2csc(N3CCC(S(=O)(=O)c4c(C(C)C)cc(C(C)C)cc4C(C)C)CC3)n2)cc1OC. The standard InChI is InChI=1S/C31H42N2O4S2/c1-19(2)23-15-25(20(3)4)30(26(16-23)21(5)6)39(34,35)24-11-13-33(14-12-24)31-32-27(18-38-31)22-9-10-28(36-7)29(17-22)37-8/h9-10,15-21,24H,11-14H2,1-8H3. The maximum absolute atomic E-state index is 14.2. The van der Waals surface area contributed by atoms with Crippen LogP contribution in [-0.2, 0) is 9.84 Å². The summed E-state index contributed by atoms with van der Waals surface area (Å²) >= 11 is 1.59. The molecule has 2 heterocycles. The summed E-state index contributed by atoms with van der Waals surface area (Å²) in [6.07, 6.45) is 1.18. The third-order valence-corrected chi connectivity index (χ3v) is 11.0. The number of piperidine rings is 1. The minimum atomic E-state index is -3.48. The summed E-state index contributed by atoms with van der Waals surface area (Å²) in [5.41, 5.74) is 4.97. The molecule has 212 valence electrons. The van der Waals surface area contributed by atoms with Crippen LogP contribution in [0.15, 0.2) is 40.6 Å². The summed E-state index contributed by atoms with van der Waals surface area (Å²) in [5, 5.41) is 2.57. The Labute approximate surface area is 238 Å². The number of anilines is 1. The van der Waals surface area contributed by atoms with E-state index in [0.717, 1.165) is 27.5 Å². The maximum Gasteiger partial charge on any atom is 0.185 e. The van der Waals surface area contributed by atoms with E-state index in [1.165, 1.54) is 5.56 Å². The van der Waals surface area contributed by atoms with Crippen molar-refractivity contribution in [3.05, 3.63) is 52.4 Å². The van der Waals surface area contributed by atoms with Crippen molar-refractivity contribution in [2.45, 2.75) is 82.3 Å². The first-order valence-electron chi connectivity index (χ1n) is 13.8. The third kappa shape index (κ3) is 5.97. The fourth-order valence-electron chi connectivity index (χ4n) is 5.28. The van der Waals surface area contributed by atoms with E-state index in [2.05, 4.69) is 58.6 Å². The van der Waals surface area contributed by atoms with Crippen LogP contribution in [-0.4, -0.2) is 46.0 Å². The van der Waals surface area contributed by atoms with E-state index >= 15 is 0 Å². The zero-order valence-electron chi connectivity index (χ0n) is 24.4. The Morgan fingerprint density at radius 2 is 1.46 bits per heavy atom. The van der Waals surface area contributed by atoms with Gasteiger partial charge in [0.25, 0.3) is 0 Å². The minimum absolute atomic E-state index is 0.136. The van der Waals surface area contributed by atoms with Gasteiger partial charge in [-0.2, -0.15) is 0 Å². The summed E-state index contributed by atoms with van der Waals surface area (Å²) < 4.78 is 39.2. The van der Waals surface area contributed by atoms with E-state index in [-0.39, 0.29) is 17.1 Å². The summed E-state index contributed by atoms with van der Waals surface area (Å²) in [6, 6.07) is 10.1. The molecule has 39 heavy (non-hydrogen) atoms. The number of methoxy groups -OCH3 is 2. The molecule has 0 radical (unpaired) electrons. The minimum Gasteiger partial charge on any atom is -0.493 e. The fourth-order valence-corrected chi connectivity index (χ4v) is 8.58. The van der Waals surface area contributed by atoms with Crippen molar-refractivity contribution >= 4 is 26.3 Å². The number of hydrogen-bond acceptors (Lipinski definition) is 7. The first-order valence-corrected chi connectivity index (χ1v) is 16.2. The molecule has 3 aromatic rings. The van der Waals surface area contributed by atoms with Gasteiger partial charge in [-0.1, -0.05) is 53.7 Å². The van der Waals surface area contributed by atoms with Crippen LogP contribution < -0.4 is 14.4 Å². The molecule has 0 spiro atoms. The van der Waals surface area contributed by atoms with Gasteiger partial charge in [-0.05, 0) is 65.5 Å². The van der Waals surface area contributed by atoms with Gasteiger partial charge in [0.15, 0.2) is 26.5 Å². The predicted octanol–water partition coefficient (Wildman–Crippen LogP) is 7.64. The molecule has 0 N–H and O–H groups in total. The van der Waals surface area contributed by atoms with Gasteiger partial charge in [-0.3, -0.25) is 0 Å². The van der Waals surface area contributed by atoms with Crippen LogP contribution in [0, 0.1) is 0 Å². The molecular formula is C31H42N2O4S2. The van der Waals surface area contributed by atoms with Crippen molar-refractivity contribution in [1.29, 1.82) is 0 Å². The molecule has 0 bridgehead atoms. The van der Waals surface area contributed by atoms with Crippen LogP contribution in [0.3, 0.4) is 0 Å². The Morgan fingerprint density at radius 3 is 1.97 bits per heavy atom. The van der Waals surface area contributed by atoms with Gasteiger partial charge in [0, 0.05) is 24.0 Å². The molecular weight excluding hydrogens is 528 g/mol. The van der Waals surface area contributed by atoms with E-state index < -0.39 is 9.84 Å². The summed E-state index contributed by atoms with van der Waals surface area (Å²) in [7, 11) is -0.237. The number of thiazole rings is 1. The van der Waals surface area contributed by atoms with Crippen molar-refractivity contribution in [3.63, 3.8) is 0 Å². The number of aromatic nitrogens is 1. The highest BCUT2D eigenvalue weighted by Gasteiger charge is 2.36. The molecule has 6 nitrogen and oxygen atoms in total. The Morgan fingerprint density at radius 1 is 0.872 bits per heavy atom. The van der Waals surface area contributed by atoms with Gasteiger partial charge in [0.1, 0.15) is 0 Å². The highest BCUT2D eigenvalue weighted by molar-refractivity contribution is 7.92. The van der Waals surface area contributed by atoms with Crippen molar-refractivity contribution in [3.8, 4) is 22.8 Å². The molecule has 4 rings (SSSR count). The summed E-state index contributed by atoms with van der Waals surface area (Å²) in [6.45, 7) is 14.1. The molecule has 0 unspecified atom stereocenters. The zero-order valence-corrected chi connectivity index (χ0v) is 26.1. The summed E-state index contributed by atoms with van der Waals surface area (Å²) in [4.78, 5) is 7.68. The lowest BCUT2D eigenvalue weighted by Gasteiger charge is -2.33. The first-order chi connectivity index (χ1) is 18.5. The lowest BCUT2D eigenvalue weighted by Crippen LogP contribution is -2.39. The van der Waals surface area contributed by atoms with Crippen LogP contribution in [0.1, 0.15) is 88.8 Å². The molecule has 1 saturated heterocycles. The Hall–Kier alpha value is -2.58. The highest BCUT2D eigenvalue weighted by Crippen LogP contribution is 2.40. The van der Waals surface area contributed by atoms with Crippen molar-refractivity contribution in [1.82, 2.24) is 4.98 Å². The highest BCUT2D eigenvalue weighted by atomic mass is 32.2. The van der Waals surface area contributed by atoms with Gasteiger partial charge in [-0.15, -0.1) is 11.3 Å². The quantitative estimate of drug-likeness (QED) is 0.263. The molecule has 0 aliphatic carbocycles. The molecule has 2 aromatic carbocycles. The first kappa shape index (κ1) is 29.4. The monoisotopic (exact) mass is 570 g/mol. The second kappa shape index (κ2) is 11.9. The van der Waals surface area contributed by atoms with E-state index in [1.807, 2.05) is 23.6 Å². The van der Waals surface area contributed by atoms with Crippen LogP contribution in [0.4, 0.5) is 5.13 Å². The maximum atomic E-state index is 14.2. The zero-order chi connectivity index (χ0) is 28.5. The number of nitrogens with zero attached hydrogens (tertiary/aromatic N) is 2. The van der Waals surface area contributed by atoms with Crippen molar-refractivity contribution in [2.75, 3.05) is 32.2 Å². The van der Waals surface area contributed by atoms with E-state index in [0.29, 0.717) is 48.2 Å². The summed E-state index contributed by atoms with van der Waals surface area (Å²) in [5.74, 6) is 1.97. The van der Waals surface area contributed by atoms with Crippen LogP contribution in [0.5, 0.6) is 11.5 Å². The average molecular weight is 571 g/mol. The number of hydrogen-bond donors (Lipinski definition) is 0. The van der Waals surface area contributed by atoms with Crippen molar-refractivity contribution in [2.24, 2.45) is 0 Å². The molecule has 1 aliphatic heterocycles. The molecule has 8 heteroatoms. The van der Waals surface area contributed by atoms with E-state index in [4.69, 9.17) is 14.5 Å². The molecule has 1 fully saturated rings. The van der Waals surface area contributed by atoms with Crippen molar-refractivity contribution < 1.29 is 17.9 Å². The second-order valence-corrected chi connectivity index (χ2v) is 14.3. The Kier molecular flexibility index (Phi) is 8.96. The van der Waals surface area contributed by atoms with Gasteiger partial charge < -0.3 is 14.4 Å². The van der Waals surface area contributed by atoms with Crippen LogP contribution in [0.25, 0.3) is 11.3 Å². The van der Waals surface area contributed by atoms with E-state index in [9.17, 15) is 8.42 Å². The molecule has 0 saturated carbocycles. The second-order valence-electron chi connectivity index (χ2n) is 11.3. The van der Waals surface area contributed by atoms with Gasteiger partial charge in [0.2, 0.25) is 0 Å². The molecule has 0 amide bonds. The molecule has 0 atom stereocenters. The van der Waals surface area contributed by atoms with Gasteiger partial charge >= 0.3 is 0 Å². The number of ether oxygens (including phenoxy) is 2. The number of rotatable bonds is 9. The molecule has 1 aromatic heterocycles. The van der Waals surface area contributed by atoms with E-state index in [1.54, 1.807) is 25.6 Å². The topological polar surface area (TPSA) is 68.7 Å². The molecule has 1 aliphatic rings. The lowest BCUT2D eigenvalue weighted by molar-refractivity contribution is 0.355. The Balaban J connectivity index is 1.56. The number of benzene rings is 2. The average Bonchev–Trinajstić information content (AvgIpc) is 3.42. The van der Waals surface area contributed by atoms with Gasteiger partial charge in [0.05, 0.1) is 30.1 Å². The Bertz CT molecular complexity index is 1370. The lowest BCUT2D eigenvalue weighted by atomic mass is 9.89. The fraction of sp³-hybridized carbons (Fsp3) is 0.516. The smallest absolute Gasteiger partial charge is 0.185 e. The van der Waals surface area contributed by atoms with Crippen LogP contribution in [0.2, 0.25) is 0 Å². The normalized spacial score (nSPS) is 15.0. The van der Waals surface area contributed by atoms with Crippen LogP contribution >= 0.6 is 11.3 Å². The largest absolute Gasteiger partial charge is 0.493 e. The van der Waals surface area contributed by atoms with Gasteiger partial charge in [-0.25, -0.2) is 13.4 Å². The predicted molar refractivity (Wildman–Crippen MR) is 162 cm³/mol.